The maximum atomic E-state index is 13.2. The normalized spacial score (nSPS) is 22.0. The van der Waals surface area contributed by atoms with Gasteiger partial charge in [-0.25, -0.2) is 4.98 Å². The first kappa shape index (κ1) is 15.6. The number of hydrogen-bond donors (Lipinski definition) is 0. The minimum absolute atomic E-state index is 0.133. The first-order chi connectivity index (χ1) is 10.8. The first-order valence-corrected chi connectivity index (χ1v) is 7.00. The second-order valence-electron chi connectivity index (χ2n) is 5.65. The Labute approximate surface area is 129 Å². The zero-order valence-electron chi connectivity index (χ0n) is 12.5. The third-order valence-electron chi connectivity index (χ3n) is 3.87. The highest BCUT2D eigenvalue weighted by molar-refractivity contribution is 5.77. The van der Waals surface area contributed by atoms with Crippen LogP contribution in [0.25, 0.3) is 0 Å². The van der Waals surface area contributed by atoms with Gasteiger partial charge in [-0.15, -0.1) is 0 Å². The molecule has 1 aliphatic carbocycles. The van der Waals surface area contributed by atoms with E-state index in [4.69, 9.17) is 4.74 Å². The molecule has 0 radical (unpaired) electrons. The molecule has 0 unspecified atom stereocenters. The van der Waals surface area contributed by atoms with E-state index in [2.05, 4.69) is 10.1 Å². The monoisotopic (exact) mass is 328 g/mol. The largest absolute Gasteiger partial charge is 0.444 e. The van der Waals surface area contributed by atoms with E-state index in [1.54, 1.807) is 24.1 Å². The van der Waals surface area contributed by atoms with E-state index in [9.17, 15) is 18.0 Å². The van der Waals surface area contributed by atoms with Gasteiger partial charge in [0, 0.05) is 38.6 Å². The fourth-order valence-electron chi connectivity index (χ4n) is 2.55. The predicted octanol–water partition coefficient (Wildman–Crippen LogP) is 2.10. The average Bonchev–Trinajstić information content (AvgIpc) is 2.97. The Morgan fingerprint density at radius 2 is 2.17 bits per heavy atom. The average molecular weight is 328 g/mol. The molecule has 0 spiro atoms. The second-order valence-corrected chi connectivity index (χ2v) is 5.65. The molecule has 0 aromatic carbocycles. The van der Waals surface area contributed by atoms with E-state index in [1.165, 1.54) is 24.0 Å². The molecule has 6 nitrogen and oxygen atoms in total. The van der Waals surface area contributed by atoms with Crippen molar-refractivity contribution in [1.82, 2.24) is 19.3 Å². The van der Waals surface area contributed by atoms with E-state index in [0.717, 1.165) is 5.56 Å². The molecule has 3 atom stereocenters. The highest BCUT2D eigenvalue weighted by Crippen LogP contribution is 2.49. The number of imidazole rings is 1. The number of aryl methyl sites for hydroxylation is 2. The SMILES string of the molecule is Cn1cc([C@@H]2C[C@H]2C(=O)O[C@@H](c2nccn2C)C(F)(F)F)cn1. The van der Waals surface area contributed by atoms with Crippen LogP contribution in [0.1, 0.15) is 29.8 Å². The van der Waals surface area contributed by atoms with Crippen molar-refractivity contribution >= 4 is 5.97 Å². The van der Waals surface area contributed by atoms with Gasteiger partial charge >= 0.3 is 12.1 Å². The molecular weight excluding hydrogens is 313 g/mol. The van der Waals surface area contributed by atoms with Gasteiger partial charge in [0.05, 0.1) is 12.1 Å². The number of nitrogens with zero attached hydrogens (tertiary/aromatic N) is 4. The van der Waals surface area contributed by atoms with E-state index in [-0.39, 0.29) is 11.7 Å². The fraction of sp³-hybridized carbons (Fsp3) is 0.500. The van der Waals surface area contributed by atoms with E-state index in [1.807, 2.05) is 0 Å². The van der Waals surface area contributed by atoms with Crippen molar-refractivity contribution in [3.05, 3.63) is 36.2 Å². The van der Waals surface area contributed by atoms with E-state index in [0.29, 0.717) is 6.42 Å². The number of hydrogen-bond acceptors (Lipinski definition) is 4. The zero-order valence-corrected chi connectivity index (χ0v) is 12.5. The molecule has 1 fully saturated rings. The topological polar surface area (TPSA) is 61.9 Å². The molecule has 2 heterocycles. The number of halogens is 3. The second kappa shape index (κ2) is 5.39. The van der Waals surface area contributed by atoms with Crippen molar-refractivity contribution in [2.75, 3.05) is 0 Å². The van der Waals surface area contributed by atoms with Gasteiger partial charge in [0.1, 0.15) is 0 Å². The molecule has 9 heteroatoms. The Balaban J connectivity index is 1.72. The van der Waals surface area contributed by atoms with Crippen molar-refractivity contribution in [1.29, 1.82) is 0 Å². The first-order valence-electron chi connectivity index (χ1n) is 7.00. The minimum atomic E-state index is -4.71. The predicted molar refractivity (Wildman–Crippen MR) is 72.2 cm³/mol. The lowest BCUT2D eigenvalue weighted by Crippen LogP contribution is -2.29. The number of aromatic nitrogens is 4. The highest BCUT2D eigenvalue weighted by Gasteiger charge is 2.51. The Kier molecular flexibility index (Phi) is 3.65. The van der Waals surface area contributed by atoms with Crippen LogP contribution < -0.4 is 0 Å². The molecular formula is C14H15F3N4O2. The molecule has 3 rings (SSSR count). The Hall–Kier alpha value is -2.32. The van der Waals surface area contributed by atoms with Crippen LogP contribution in [0.4, 0.5) is 13.2 Å². The molecule has 1 aliphatic rings. The van der Waals surface area contributed by atoms with Gasteiger partial charge in [0.2, 0.25) is 0 Å². The summed E-state index contributed by atoms with van der Waals surface area (Å²) in [5.74, 6) is -1.90. The Morgan fingerprint density at radius 1 is 1.43 bits per heavy atom. The standard InChI is InChI=1S/C14H15F3N4O2/c1-20-4-3-18-12(20)11(14(15,16)17)23-13(22)10-5-9(10)8-6-19-21(2)7-8/h3-4,6-7,9-11H,5H2,1-2H3/t9-,10+,11-/m0/s1. The smallest absolute Gasteiger partial charge is 0.432 e. The third-order valence-corrected chi connectivity index (χ3v) is 3.87. The summed E-state index contributed by atoms with van der Waals surface area (Å²) >= 11 is 0. The maximum Gasteiger partial charge on any atom is 0.432 e. The quantitative estimate of drug-likeness (QED) is 0.807. The lowest BCUT2D eigenvalue weighted by molar-refractivity contribution is -0.227. The lowest BCUT2D eigenvalue weighted by atomic mass is 10.2. The van der Waals surface area contributed by atoms with Gasteiger partial charge in [-0.1, -0.05) is 0 Å². The molecule has 2 aromatic rings. The Bertz CT molecular complexity index is 722. The molecule has 2 aromatic heterocycles. The Morgan fingerprint density at radius 3 is 2.70 bits per heavy atom. The van der Waals surface area contributed by atoms with Crippen LogP contribution in [-0.2, 0) is 23.6 Å². The van der Waals surface area contributed by atoms with Crippen LogP contribution in [0, 0.1) is 5.92 Å². The number of rotatable bonds is 4. The highest BCUT2D eigenvalue weighted by atomic mass is 19.4. The summed E-state index contributed by atoms with van der Waals surface area (Å²) in [6, 6.07) is 0. The summed E-state index contributed by atoms with van der Waals surface area (Å²) in [5.41, 5.74) is 0.829. The molecule has 0 saturated heterocycles. The number of carbonyl (C=O) groups is 1. The lowest BCUT2D eigenvalue weighted by Gasteiger charge is -2.20. The van der Waals surface area contributed by atoms with Crippen LogP contribution in [0.3, 0.4) is 0 Å². The summed E-state index contributed by atoms with van der Waals surface area (Å²) in [6.07, 6.45) is -0.640. The van der Waals surface area contributed by atoms with E-state index < -0.39 is 24.2 Å². The number of carbonyl (C=O) groups excluding carboxylic acids is 1. The number of esters is 1. The zero-order chi connectivity index (χ0) is 16.8. The molecule has 0 aliphatic heterocycles. The molecule has 124 valence electrons. The maximum absolute atomic E-state index is 13.2. The van der Waals surface area contributed by atoms with Crippen LogP contribution in [0.2, 0.25) is 0 Å². The van der Waals surface area contributed by atoms with Gasteiger partial charge in [-0.3, -0.25) is 9.48 Å². The summed E-state index contributed by atoms with van der Waals surface area (Å²) in [5, 5.41) is 4.00. The van der Waals surface area contributed by atoms with Crippen LogP contribution in [0.15, 0.2) is 24.8 Å². The number of alkyl halides is 3. The van der Waals surface area contributed by atoms with Crippen molar-refractivity contribution in [3.8, 4) is 0 Å². The van der Waals surface area contributed by atoms with Crippen molar-refractivity contribution in [3.63, 3.8) is 0 Å². The summed E-state index contributed by atoms with van der Waals surface area (Å²) in [6.45, 7) is 0. The van der Waals surface area contributed by atoms with Crippen molar-refractivity contribution in [2.24, 2.45) is 20.0 Å². The van der Waals surface area contributed by atoms with Crippen LogP contribution >= 0.6 is 0 Å². The molecule has 0 amide bonds. The van der Waals surface area contributed by atoms with Crippen molar-refractivity contribution in [2.45, 2.75) is 24.6 Å². The molecule has 0 N–H and O–H groups in total. The van der Waals surface area contributed by atoms with Gasteiger partial charge in [-0.2, -0.15) is 18.3 Å². The molecule has 1 saturated carbocycles. The van der Waals surface area contributed by atoms with Gasteiger partial charge < -0.3 is 9.30 Å². The van der Waals surface area contributed by atoms with Gasteiger partial charge in [-0.05, 0) is 12.0 Å². The molecule has 23 heavy (non-hydrogen) atoms. The number of ether oxygens (including phenoxy) is 1. The minimum Gasteiger partial charge on any atom is -0.444 e. The fourth-order valence-corrected chi connectivity index (χ4v) is 2.55. The van der Waals surface area contributed by atoms with Crippen LogP contribution in [0.5, 0.6) is 0 Å². The van der Waals surface area contributed by atoms with E-state index >= 15 is 0 Å². The van der Waals surface area contributed by atoms with Gasteiger partial charge in [0.15, 0.2) is 5.82 Å². The molecule has 0 bridgehead atoms. The summed E-state index contributed by atoms with van der Waals surface area (Å²) < 4.78 is 47.1. The van der Waals surface area contributed by atoms with Crippen molar-refractivity contribution < 1.29 is 22.7 Å². The summed E-state index contributed by atoms with van der Waals surface area (Å²) in [4.78, 5) is 15.7. The van der Waals surface area contributed by atoms with Gasteiger partial charge in [0.25, 0.3) is 6.10 Å². The summed E-state index contributed by atoms with van der Waals surface area (Å²) in [7, 11) is 3.16. The van der Waals surface area contributed by atoms with Crippen LogP contribution in [-0.4, -0.2) is 31.5 Å². The third kappa shape index (κ3) is 3.08.